The fourth-order valence-corrected chi connectivity index (χ4v) is 4.37. The van der Waals surface area contributed by atoms with Crippen LogP contribution in [0.5, 0.6) is 0 Å². The predicted octanol–water partition coefficient (Wildman–Crippen LogP) is 6.17. The van der Waals surface area contributed by atoms with E-state index in [9.17, 15) is 4.79 Å². The summed E-state index contributed by atoms with van der Waals surface area (Å²) < 4.78 is 0. The monoisotopic (exact) mass is 429 g/mol. The van der Waals surface area contributed by atoms with Gasteiger partial charge in [-0.3, -0.25) is 4.79 Å². The zero-order valence-electron chi connectivity index (χ0n) is 16.1. The van der Waals surface area contributed by atoms with Crippen molar-refractivity contribution < 1.29 is 4.79 Å². The quantitative estimate of drug-likeness (QED) is 0.281. The lowest BCUT2D eigenvalue weighted by Gasteiger charge is -2.10. The van der Waals surface area contributed by atoms with Crippen molar-refractivity contribution in [2.75, 3.05) is 5.32 Å². The van der Waals surface area contributed by atoms with Crippen LogP contribution in [0.2, 0.25) is 0 Å². The van der Waals surface area contributed by atoms with Crippen LogP contribution >= 0.6 is 23.5 Å². The molecule has 0 aliphatic heterocycles. The van der Waals surface area contributed by atoms with Crippen molar-refractivity contribution in [2.24, 2.45) is 0 Å². The van der Waals surface area contributed by atoms with Gasteiger partial charge in [-0.15, -0.1) is 0 Å². The van der Waals surface area contributed by atoms with Crippen LogP contribution in [0.25, 0.3) is 0 Å². The maximum absolute atomic E-state index is 13.0. The summed E-state index contributed by atoms with van der Waals surface area (Å²) >= 11 is 3.00. The molecule has 0 spiro atoms. The third-order valence-electron chi connectivity index (χ3n) is 4.16. The molecule has 0 aliphatic carbocycles. The SMILES string of the molecule is O=C(Nc1ccccc1)c1nc(SCc2ccccc2)ncc1Sc1ccccc1. The lowest BCUT2D eigenvalue weighted by molar-refractivity contribution is 0.101. The number of carbonyl (C=O) groups excluding carboxylic acids is 1. The minimum atomic E-state index is -0.247. The van der Waals surface area contributed by atoms with E-state index in [1.54, 1.807) is 6.20 Å². The Labute approximate surface area is 184 Å². The van der Waals surface area contributed by atoms with E-state index in [0.717, 1.165) is 21.2 Å². The normalized spacial score (nSPS) is 10.5. The van der Waals surface area contributed by atoms with Gasteiger partial charge in [0.2, 0.25) is 0 Å². The zero-order valence-corrected chi connectivity index (χ0v) is 17.7. The molecule has 0 saturated carbocycles. The number of rotatable bonds is 7. The Kier molecular flexibility index (Phi) is 6.79. The van der Waals surface area contributed by atoms with E-state index in [1.165, 1.54) is 29.1 Å². The summed E-state index contributed by atoms with van der Waals surface area (Å²) in [7, 11) is 0. The average molecular weight is 430 g/mol. The van der Waals surface area contributed by atoms with Gasteiger partial charge in [0.1, 0.15) is 5.69 Å². The average Bonchev–Trinajstić information content (AvgIpc) is 2.80. The highest BCUT2D eigenvalue weighted by molar-refractivity contribution is 7.99. The van der Waals surface area contributed by atoms with Crippen molar-refractivity contribution in [3.63, 3.8) is 0 Å². The van der Waals surface area contributed by atoms with Crippen molar-refractivity contribution in [3.8, 4) is 0 Å². The number of aromatic nitrogens is 2. The number of nitrogens with one attached hydrogen (secondary N) is 1. The van der Waals surface area contributed by atoms with Gasteiger partial charge in [-0.25, -0.2) is 9.97 Å². The first kappa shape index (κ1) is 20.2. The molecule has 6 heteroatoms. The number of nitrogens with zero attached hydrogens (tertiary/aromatic N) is 2. The number of amides is 1. The molecule has 0 unspecified atom stereocenters. The highest BCUT2D eigenvalue weighted by atomic mass is 32.2. The van der Waals surface area contributed by atoms with Crippen molar-refractivity contribution in [1.82, 2.24) is 9.97 Å². The van der Waals surface area contributed by atoms with Crippen LogP contribution in [-0.2, 0) is 5.75 Å². The maximum Gasteiger partial charge on any atom is 0.275 e. The van der Waals surface area contributed by atoms with Gasteiger partial charge < -0.3 is 5.32 Å². The Balaban J connectivity index is 1.59. The van der Waals surface area contributed by atoms with E-state index >= 15 is 0 Å². The molecule has 4 nitrogen and oxygen atoms in total. The second kappa shape index (κ2) is 10.1. The second-order valence-corrected chi connectivity index (χ2v) is 8.43. The number of para-hydroxylation sites is 1. The molecule has 0 aliphatic rings. The first-order chi connectivity index (χ1) is 14.8. The van der Waals surface area contributed by atoms with Gasteiger partial charge in [0.05, 0.1) is 4.90 Å². The fraction of sp³-hybridized carbons (Fsp3) is 0.0417. The Morgan fingerprint density at radius 3 is 2.17 bits per heavy atom. The fourth-order valence-electron chi connectivity index (χ4n) is 2.71. The first-order valence-electron chi connectivity index (χ1n) is 9.41. The number of hydrogen-bond acceptors (Lipinski definition) is 5. The molecule has 30 heavy (non-hydrogen) atoms. The van der Waals surface area contributed by atoms with Gasteiger partial charge in [-0.2, -0.15) is 0 Å². The molecule has 0 saturated heterocycles. The first-order valence-corrected chi connectivity index (χ1v) is 11.2. The molecule has 1 amide bonds. The van der Waals surface area contributed by atoms with Crippen LogP contribution in [0.3, 0.4) is 0 Å². The highest BCUT2D eigenvalue weighted by Crippen LogP contribution is 2.31. The smallest absolute Gasteiger partial charge is 0.275 e. The minimum absolute atomic E-state index is 0.247. The van der Waals surface area contributed by atoms with Gasteiger partial charge in [0.15, 0.2) is 5.16 Å². The van der Waals surface area contributed by atoms with E-state index in [2.05, 4.69) is 27.4 Å². The summed E-state index contributed by atoms with van der Waals surface area (Å²) in [6.45, 7) is 0. The molecule has 0 bridgehead atoms. The summed E-state index contributed by atoms with van der Waals surface area (Å²) in [6.07, 6.45) is 1.73. The number of anilines is 1. The number of benzene rings is 3. The number of thioether (sulfide) groups is 1. The minimum Gasteiger partial charge on any atom is -0.321 e. The standard InChI is InChI=1S/C24H19N3OS2/c28-23(26-19-12-6-2-7-13-19)22-21(30-20-14-8-3-9-15-20)16-25-24(27-22)29-17-18-10-4-1-5-11-18/h1-16H,17H2,(H,26,28). The van der Waals surface area contributed by atoms with E-state index in [-0.39, 0.29) is 5.91 Å². The third kappa shape index (κ3) is 5.49. The van der Waals surface area contributed by atoms with Crippen LogP contribution in [-0.4, -0.2) is 15.9 Å². The molecule has 4 rings (SSSR count). The predicted molar refractivity (Wildman–Crippen MR) is 123 cm³/mol. The number of carbonyl (C=O) groups is 1. The van der Waals surface area contributed by atoms with Crippen molar-refractivity contribution >= 4 is 35.1 Å². The third-order valence-corrected chi connectivity index (χ3v) is 6.12. The molecule has 0 atom stereocenters. The van der Waals surface area contributed by atoms with E-state index in [1.807, 2.05) is 78.9 Å². The summed E-state index contributed by atoms with van der Waals surface area (Å²) in [5, 5.41) is 3.51. The lowest BCUT2D eigenvalue weighted by atomic mass is 10.2. The van der Waals surface area contributed by atoms with Crippen molar-refractivity contribution in [3.05, 3.63) is 108 Å². The molecule has 1 aromatic heterocycles. The molecule has 3 aromatic carbocycles. The summed E-state index contributed by atoms with van der Waals surface area (Å²) in [4.78, 5) is 23.9. The highest BCUT2D eigenvalue weighted by Gasteiger charge is 2.17. The second-order valence-electron chi connectivity index (χ2n) is 6.37. The van der Waals surface area contributed by atoms with Gasteiger partial charge in [-0.05, 0) is 29.8 Å². The van der Waals surface area contributed by atoms with Crippen LogP contribution in [0, 0.1) is 0 Å². The van der Waals surface area contributed by atoms with E-state index in [4.69, 9.17) is 0 Å². The summed E-state index contributed by atoms with van der Waals surface area (Å²) in [5.74, 6) is 0.495. The number of hydrogen-bond donors (Lipinski definition) is 1. The topological polar surface area (TPSA) is 54.9 Å². The summed E-state index contributed by atoms with van der Waals surface area (Å²) in [5.41, 5.74) is 2.29. The van der Waals surface area contributed by atoms with Crippen LogP contribution < -0.4 is 5.32 Å². The van der Waals surface area contributed by atoms with E-state index in [0.29, 0.717) is 10.9 Å². The maximum atomic E-state index is 13.0. The van der Waals surface area contributed by atoms with Crippen molar-refractivity contribution in [1.29, 1.82) is 0 Å². The van der Waals surface area contributed by atoms with Gasteiger partial charge >= 0.3 is 0 Å². The van der Waals surface area contributed by atoms with Crippen LogP contribution in [0.15, 0.2) is 112 Å². The molecular weight excluding hydrogens is 410 g/mol. The Morgan fingerprint density at radius 2 is 1.47 bits per heavy atom. The van der Waals surface area contributed by atoms with Gasteiger partial charge in [0.25, 0.3) is 5.91 Å². The Hall–Kier alpha value is -3.09. The molecule has 0 fully saturated rings. The summed E-state index contributed by atoms with van der Waals surface area (Å²) in [6, 6.07) is 29.4. The lowest BCUT2D eigenvalue weighted by Crippen LogP contribution is -2.15. The Bertz CT molecular complexity index is 1110. The zero-order chi connectivity index (χ0) is 20.6. The molecule has 1 heterocycles. The Morgan fingerprint density at radius 1 is 0.833 bits per heavy atom. The molecule has 148 valence electrons. The van der Waals surface area contributed by atoms with Gasteiger partial charge in [0, 0.05) is 22.5 Å². The largest absolute Gasteiger partial charge is 0.321 e. The molecule has 1 N–H and O–H groups in total. The molecule has 0 radical (unpaired) electrons. The van der Waals surface area contributed by atoms with E-state index < -0.39 is 0 Å². The van der Waals surface area contributed by atoms with Crippen LogP contribution in [0.4, 0.5) is 5.69 Å². The molecular formula is C24H19N3OS2. The molecule has 4 aromatic rings. The van der Waals surface area contributed by atoms with Crippen LogP contribution in [0.1, 0.15) is 16.1 Å². The van der Waals surface area contributed by atoms with Gasteiger partial charge in [-0.1, -0.05) is 90.3 Å². The van der Waals surface area contributed by atoms with Crippen molar-refractivity contribution in [2.45, 2.75) is 20.7 Å².